The molecular formula is C25H26N2O2S. The standard InChI is InChI=1S/C25H26N2O2S/c28-25(24(27-16-7-8-17-27)21-11-3-1-4-12-21)26-22-13-9-10-20(18-22)19-30(29)23-14-5-2-6-15-23/h1-6,9-15,18,24H,7-8,16-17,19H2,(H,26,28). The molecule has 2 atom stereocenters. The van der Waals surface area contributed by atoms with Crippen molar-refractivity contribution in [2.75, 3.05) is 18.4 Å². The number of amides is 1. The minimum atomic E-state index is -1.12. The Balaban J connectivity index is 1.49. The van der Waals surface area contributed by atoms with Crippen LogP contribution in [0.4, 0.5) is 5.69 Å². The first kappa shape index (κ1) is 20.5. The lowest BCUT2D eigenvalue weighted by molar-refractivity contribution is -0.121. The summed E-state index contributed by atoms with van der Waals surface area (Å²) in [6, 6.07) is 26.8. The maximum absolute atomic E-state index is 13.2. The molecule has 1 aliphatic rings. The van der Waals surface area contributed by atoms with Gasteiger partial charge in [0.15, 0.2) is 0 Å². The molecule has 30 heavy (non-hydrogen) atoms. The van der Waals surface area contributed by atoms with E-state index in [1.165, 1.54) is 0 Å². The van der Waals surface area contributed by atoms with E-state index in [1.807, 2.05) is 84.9 Å². The Labute approximate surface area is 180 Å². The molecule has 1 N–H and O–H groups in total. The third-order valence-electron chi connectivity index (χ3n) is 5.37. The van der Waals surface area contributed by atoms with Crippen LogP contribution in [-0.4, -0.2) is 28.1 Å². The molecule has 3 aromatic rings. The van der Waals surface area contributed by atoms with Crippen LogP contribution in [0.3, 0.4) is 0 Å². The third-order valence-corrected chi connectivity index (χ3v) is 6.76. The lowest BCUT2D eigenvalue weighted by Crippen LogP contribution is -2.35. The number of nitrogens with one attached hydrogen (secondary N) is 1. The highest BCUT2D eigenvalue weighted by Gasteiger charge is 2.29. The third kappa shape index (κ3) is 5.04. The highest BCUT2D eigenvalue weighted by Crippen LogP contribution is 2.27. The van der Waals surface area contributed by atoms with Crippen LogP contribution in [0.1, 0.15) is 30.0 Å². The number of likely N-dealkylation sites (tertiary alicyclic amines) is 1. The molecule has 1 aliphatic heterocycles. The molecule has 1 saturated heterocycles. The lowest BCUT2D eigenvalue weighted by Gasteiger charge is -2.27. The number of hydrogen-bond acceptors (Lipinski definition) is 3. The maximum Gasteiger partial charge on any atom is 0.246 e. The number of nitrogens with zero attached hydrogens (tertiary/aromatic N) is 1. The predicted octanol–water partition coefficient (Wildman–Crippen LogP) is 4.77. The van der Waals surface area contributed by atoms with Gasteiger partial charge in [-0.15, -0.1) is 0 Å². The van der Waals surface area contributed by atoms with Gasteiger partial charge in [0.2, 0.25) is 5.91 Å². The van der Waals surface area contributed by atoms with Gasteiger partial charge in [-0.2, -0.15) is 0 Å². The highest BCUT2D eigenvalue weighted by atomic mass is 32.2. The molecule has 3 aromatic carbocycles. The van der Waals surface area contributed by atoms with E-state index in [1.54, 1.807) is 0 Å². The molecular weight excluding hydrogens is 392 g/mol. The lowest BCUT2D eigenvalue weighted by atomic mass is 10.0. The first-order valence-corrected chi connectivity index (χ1v) is 11.6. The van der Waals surface area contributed by atoms with Crippen LogP contribution in [0.2, 0.25) is 0 Å². The summed E-state index contributed by atoms with van der Waals surface area (Å²) in [6.45, 7) is 1.87. The fraction of sp³-hybridized carbons (Fsp3) is 0.240. The summed E-state index contributed by atoms with van der Waals surface area (Å²) in [4.78, 5) is 16.3. The molecule has 1 amide bonds. The molecule has 1 heterocycles. The van der Waals surface area contributed by atoms with Gasteiger partial charge in [0.25, 0.3) is 0 Å². The summed E-state index contributed by atoms with van der Waals surface area (Å²) in [5, 5.41) is 3.09. The fourth-order valence-corrected chi connectivity index (χ4v) is 5.03. The zero-order valence-electron chi connectivity index (χ0n) is 16.9. The quantitative estimate of drug-likeness (QED) is 0.601. The molecule has 154 valence electrons. The van der Waals surface area contributed by atoms with Crippen molar-refractivity contribution < 1.29 is 9.00 Å². The number of carbonyl (C=O) groups is 1. The Morgan fingerprint density at radius 2 is 1.57 bits per heavy atom. The van der Waals surface area contributed by atoms with Crippen molar-refractivity contribution >= 4 is 22.4 Å². The molecule has 0 aliphatic carbocycles. The van der Waals surface area contributed by atoms with E-state index in [0.29, 0.717) is 5.75 Å². The second-order valence-electron chi connectivity index (χ2n) is 7.55. The van der Waals surface area contributed by atoms with Gasteiger partial charge in [-0.1, -0.05) is 60.7 Å². The first-order chi connectivity index (χ1) is 14.7. The highest BCUT2D eigenvalue weighted by molar-refractivity contribution is 7.84. The van der Waals surface area contributed by atoms with Gasteiger partial charge in [0, 0.05) is 10.6 Å². The zero-order chi connectivity index (χ0) is 20.8. The van der Waals surface area contributed by atoms with Gasteiger partial charge in [-0.05, 0) is 61.3 Å². The minimum absolute atomic E-state index is 0.0237. The van der Waals surface area contributed by atoms with Crippen molar-refractivity contribution in [1.29, 1.82) is 0 Å². The summed E-state index contributed by atoms with van der Waals surface area (Å²) in [6.07, 6.45) is 2.24. The first-order valence-electron chi connectivity index (χ1n) is 10.3. The van der Waals surface area contributed by atoms with Crippen molar-refractivity contribution in [3.05, 3.63) is 96.1 Å². The van der Waals surface area contributed by atoms with Crippen LogP contribution in [0.15, 0.2) is 89.8 Å². The number of rotatable bonds is 7. The average molecular weight is 419 g/mol. The molecule has 2 unspecified atom stereocenters. The van der Waals surface area contributed by atoms with Crippen molar-refractivity contribution in [2.45, 2.75) is 29.5 Å². The minimum Gasteiger partial charge on any atom is -0.324 e. The SMILES string of the molecule is O=C(Nc1cccc(CS(=O)c2ccccc2)c1)C(c1ccccc1)N1CCCC1. The number of benzene rings is 3. The van der Waals surface area contributed by atoms with Gasteiger partial charge in [-0.25, -0.2) is 0 Å². The summed E-state index contributed by atoms with van der Waals surface area (Å²) in [5.41, 5.74) is 2.69. The molecule has 0 bridgehead atoms. The van der Waals surface area contributed by atoms with Crippen molar-refractivity contribution in [3.8, 4) is 0 Å². The van der Waals surface area contributed by atoms with Crippen LogP contribution in [0, 0.1) is 0 Å². The Morgan fingerprint density at radius 3 is 2.27 bits per heavy atom. The van der Waals surface area contributed by atoms with Gasteiger partial charge >= 0.3 is 0 Å². The van der Waals surface area contributed by atoms with E-state index in [2.05, 4.69) is 10.2 Å². The summed E-state index contributed by atoms with van der Waals surface area (Å²) >= 11 is 0. The van der Waals surface area contributed by atoms with Crippen LogP contribution in [-0.2, 0) is 21.3 Å². The van der Waals surface area contributed by atoms with Crippen LogP contribution in [0.5, 0.6) is 0 Å². The maximum atomic E-state index is 13.2. The van der Waals surface area contributed by atoms with E-state index in [4.69, 9.17) is 0 Å². The Hall–Kier alpha value is -2.76. The normalized spacial score (nSPS) is 16.1. The van der Waals surface area contributed by atoms with E-state index in [0.717, 1.165) is 47.6 Å². The molecule has 1 fully saturated rings. The van der Waals surface area contributed by atoms with Gasteiger partial charge < -0.3 is 5.32 Å². The second-order valence-corrected chi connectivity index (χ2v) is 9.00. The second kappa shape index (κ2) is 9.83. The van der Waals surface area contributed by atoms with Crippen molar-refractivity contribution in [1.82, 2.24) is 4.90 Å². The van der Waals surface area contributed by atoms with Crippen LogP contribution < -0.4 is 5.32 Å². The molecule has 0 aromatic heterocycles. The van der Waals surface area contributed by atoms with Gasteiger partial charge in [0.05, 0.1) is 16.6 Å². The molecule has 0 spiro atoms. The zero-order valence-corrected chi connectivity index (χ0v) is 17.7. The monoisotopic (exact) mass is 418 g/mol. The number of hydrogen-bond donors (Lipinski definition) is 1. The van der Waals surface area contributed by atoms with Gasteiger partial charge in [-0.3, -0.25) is 13.9 Å². The molecule has 5 heteroatoms. The van der Waals surface area contributed by atoms with Gasteiger partial charge in [0.1, 0.15) is 6.04 Å². The van der Waals surface area contributed by atoms with E-state index in [-0.39, 0.29) is 11.9 Å². The summed E-state index contributed by atoms with van der Waals surface area (Å²) < 4.78 is 12.6. The largest absolute Gasteiger partial charge is 0.324 e. The smallest absolute Gasteiger partial charge is 0.246 e. The van der Waals surface area contributed by atoms with Crippen LogP contribution in [0.25, 0.3) is 0 Å². The Morgan fingerprint density at radius 1 is 0.900 bits per heavy atom. The van der Waals surface area contributed by atoms with E-state index >= 15 is 0 Å². The van der Waals surface area contributed by atoms with E-state index < -0.39 is 10.8 Å². The Kier molecular flexibility index (Phi) is 6.72. The van der Waals surface area contributed by atoms with Crippen molar-refractivity contribution in [2.24, 2.45) is 0 Å². The number of anilines is 1. The van der Waals surface area contributed by atoms with Crippen molar-refractivity contribution in [3.63, 3.8) is 0 Å². The number of carbonyl (C=O) groups excluding carboxylic acids is 1. The molecule has 0 radical (unpaired) electrons. The van der Waals surface area contributed by atoms with E-state index in [9.17, 15) is 9.00 Å². The topological polar surface area (TPSA) is 49.4 Å². The average Bonchev–Trinajstić information content (AvgIpc) is 3.30. The predicted molar refractivity (Wildman–Crippen MR) is 122 cm³/mol. The molecule has 4 nitrogen and oxygen atoms in total. The molecule has 4 rings (SSSR count). The Bertz CT molecular complexity index is 1000. The fourth-order valence-electron chi connectivity index (χ4n) is 3.92. The van der Waals surface area contributed by atoms with Crippen LogP contribution >= 0.6 is 0 Å². The summed E-state index contributed by atoms with van der Waals surface area (Å²) in [7, 11) is -1.12. The molecule has 0 saturated carbocycles. The summed E-state index contributed by atoms with van der Waals surface area (Å²) in [5.74, 6) is 0.395.